The molecule has 2 aromatic rings. The summed E-state index contributed by atoms with van der Waals surface area (Å²) < 4.78 is 0. The van der Waals surface area contributed by atoms with E-state index in [0.717, 1.165) is 5.56 Å². The molecule has 0 aliphatic heterocycles. The van der Waals surface area contributed by atoms with Crippen molar-refractivity contribution >= 4 is 23.2 Å². The third-order valence-corrected chi connectivity index (χ3v) is 4.27. The summed E-state index contributed by atoms with van der Waals surface area (Å²) in [7, 11) is 3.36. The third kappa shape index (κ3) is 5.11. The molecular weight excluding hydrogens is 348 g/mol. The number of carbonyl (C=O) groups excluding carboxylic acids is 2. The lowest BCUT2D eigenvalue weighted by Crippen LogP contribution is -2.39. The molecule has 0 radical (unpaired) electrons. The van der Waals surface area contributed by atoms with Crippen LogP contribution < -0.4 is 10.6 Å². The lowest BCUT2D eigenvalue weighted by molar-refractivity contribution is -0.383. The van der Waals surface area contributed by atoms with E-state index in [4.69, 9.17) is 0 Å². The average molecular weight is 370 g/mol. The molecule has 0 saturated heterocycles. The average Bonchev–Trinajstić information content (AvgIpc) is 2.67. The van der Waals surface area contributed by atoms with Crippen LogP contribution in [-0.4, -0.2) is 41.8 Å². The number of nitro benzene ring substituents is 1. The number of para-hydroxylation sites is 2. The van der Waals surface area contributed by atoms with Crippen molar-refractivity contribution < 1.29 is 14.5 Å². The Bertz CT molecular complexity index is 836. The van der Waals surface area contributed by atoms with Gasteiger partial charge in [-0.25, -0.2) is 0 Å². The van der Waals surface area contributed by atoms with Gasteiger partial charge in [0, 0.05) is 25.2 Å². The molecule has 2 amide bonds. The standard InChI is InChI=1S/C19H22N4O4/c1-13(18(24)21-16-6-4-5-7-17(16)23(26)27)22(3)12-14-8-10-15(11-9-14)19(25)20-2/h4-11,13H,12H2,1-3H3,(H,20,25)(H,21,24)/t13-/m0/s1. The maximum atomic E-state index is 12.5. The number of rotatable bonds is 7. The van der Waals surface area contributed by atoms with Crippen molar-refractivity contribution in [3.63, 3.8) is 0 Å². The fourth-order valence-corrected chi connectivity index (χ4v) is 2.51. The summed E-state index contributed by atoms with van der Waals surface area (Å²) >= 11 is 0. The van der Waals surface area contributed by atoms with Crippen LogP contribution in [0, 0.1) is 10.1 Å². The molecular formula is C19H22N4O4. The van der Waals surface area contributed by atoms with Gasteiger partial charge >= 0.3 is 0 Å². The summed E-state index contributed by atoms with van der Waals surface area (Å²) in [6, 6.07) is 12.6. The van der Waals surface area contributed by atoms with Gasteiger partial charge in [-0.2, -0.15) is 0 Å². The summed E-state index contributed by atoms with van der Waals surface area (Å²) in [5.41, 5.74) is 1.52. The number of hydrogen-bond donors (Lipinski definition) is 2. The number of amides is 2. The van der Waals surface area contributed by atoms with E-state index in [1.54, 1.807) is 45.3 Å². The highest BCUT2D eigenvalue weighted by molar-refractivity contribution is 5.96. The highest BCUT2D eigenvalue weighted by Gasteiger charge is 2.21. The lowest BCUT2D eigenvalue weighted by atomic mass is 10.1. The Labute approximate surface area is 157 Å². The van der Waals surface area contributed by atoms with Crippen LogP contribution in [-0.2, 0) is 11.3 Å². The second kappa shape index (κ2) is 8.91. The van der Waals surface area contributed by atoms with Crippen LogP contribution in [0.2, 0.25) is 0 Å². The quantitative estimate of drug-likeness (QED) is 0.575. The molecule has 142 valence electrons. The fraction of sp³-hybridized carbons (Fsp3) is 0.263. The molecule has 27 heavy (non-hydrogen) atoms. The fourth-order valence-electron chi connectivity index (χ4n) is 2.51. The maximum absolute atomic E-state index is 12.5. The van der Waals surface area contributed by atoms with Crippen LogP contribution in [0.3, 0.4) is 0 Å². The molecule has 1 atom stereocenters. The van der Waals surface area contributed by atoms with Gasteiger partial charge < -0.3 is 10.6 Å². The van der Waals surface area contributed by atoms with Crippen molar-refractivity contribution in [3.8, 4) is 0 Å². The molecule has 0 heterocycles. The van der Waals surface area contributed by atoms with Gasteiger partial charge in [0.05, 0.1) is 11.0 Å². The largest absolute Gasteiger partial charge is 0.355 e. The zero-order valence-electron chi connectivity index (χ0n) is 15.4. The molecule has 0 aromatic heterocycles. The van der Waals surface area contributed by atoms with Crippen LogP contribution in [0.25, 0.3) is 0 Å². The van der Waals surface area contributed by atoms with E-state index in [1.807, 2.05) is 17.0 Å². The topological polar surface area (TPSA) is 105 Å². The normalized spacial score (nSPS) is 11.7. The van der Waals surface area contributed by atoms with E-state index in [1.165, 1.54) is 12.1 Å². The molecule has 2 N–H and O–H groups in total. The second-order valence-electron chi connectivity index (χ2n) is 6.13. The zero-order valence-corrected chi connectivity index (χ0v) is 15.4. The Morgan fingerprint density at radius 3 is 2.37 bits per heavy atom. The maximum Gasteiger partial charge on any atom is 0.292 e. The van der Waals surface area contributed by atoms with Gasteiger partial charge in [0.1, 0.15) is 5.69 Å². The Morgan fingerprint density at radius 1 is 1.15 bits per heavy atom. The molecule has 8 heteroatoms. The Morgan fingerprint density at radius 2 is 1.78 bits per heavy atom. The van der Waals surface area contributed by atoms with Gasteiger partial charge in [0.15, 0.2) is 0 Å². The highest BCUT2D eigenvalue weighted by atomic mass is 16.6. The van der Waals surface area contributed by atoms with Crippen molar-refractivity contribution in [3.05, 3.63) is 69.8 Å². The number of nitrogens with zero attached hydrogens (tertiary/aromatic N) is 2. The van der Waals surface area contributed by atoms with Crippen LogP contribution in [0.15, 0.2) is 48.5 Å². The van der Waals surface area contributed by atoms with Gasteiger partial charge in [-0.15, -0.1) is 0 Å². The predicted molar refractivity (Wildman–Crippen MR) is 102 cm³/mol. The van der Waals surface area contributed by atoms with Crippen LogP contribution in [0.4, 0.5) is 11.4 Å². The number of likely N-dealkylation sites (N-methyl/N-ethyl adjacent to an activating group) is 1. The summed E-state index contributed by atoms with van der Waals surface area (Å²) in [6.45, 7) is 2.21. The minimum atomic E-state index is -0.530. The SMILES string of the molecule is CNC(=O)c1ccc(CN(C)[C@@H](C)C(=O)Nc2ccccc2[N+](=O)[O-])cc1. The minimum absolute atomic E-state index is 0.148. The first-order valence-electron chi connectivity index (χ1n) is 8.39. The Balaban J connectivity index is 2.02. The van der Waals surface area contributed by atoms with Gasteiger partial charge in [-0.05, 0) is 37.7 Å². The first-order valence-corrected chi connectivity index (χ1v) is 8.39. The number of nitrogens with one attached hydrogen (secondary N) is 2. The van der Waals surface area contributed by atoms with Crippen LogP contribution in [0.1, 0.15) is 22.8 Å². The van der Waals surface area contributed by atoms with Gasteiger partial charge in [0.2, 0.25) is 5.91 Å². The van der Waals surface area contributed by atoms with Crippen molar-refractivity contribution in [2.45, 2.75) is 19.5 Å². The predicted octanol–water partition coefficient (Wildman–Crippen LogP) is 2.41. The number of carbonyl (C=O) groups is 2. The van der Waals surface area contributed by atoms with Crippen molar-refractivity contribution in [1.82, 2.24) is 10.2 Å². The molecule has 0 spiro atoms. The molecule has 0 aliphatic carbocycles. The van der Waals surface area contributed by atoms with Crippen molar-refractivity contribution in [2.75, 3.05) is 19.4 Å². The third-order valence-electron chi connectivity index (χ3n) is 4.27. The molecule has 0 fully saturated rings. The van der Waals surface area contributed by atoms with E-state index < -0.39 is 11.0 Å². The summed E-state index contributed by atoms with van der Waals surface area (Å²) in [5.74, 6) is -0.499. The van der Waals surface area contributed by atoms with E-state index in [2.05, 4.69) is 10.6 Å². The van der Waals surface area contributed by atoms with E-state index in [-0.39, 0.29) is 23.2 Å². The van der Waals surface area contributed by atoms with Gasteiger partial charge in [-0.1, -0.05) is 24.3 Å². The summed E-state index contributed by atoms with van der Waals surface area (Å²) in [4.78, 5) is 36.4. The highest BCUT2D eigenvalue weighted by Crippen LogP contribution is 2.23. The summed E-state index contributed by atoms with van der Waals surface area (Å²) in [6.07, 6.45) is 0. The Hall–Kier alpha value is -3.26. The number of anilines is 1. The molecule has 0 saturated carbocycles. The molecule has 2 aromatic carbocycles. The number of hydrogen-bond acceptors (Lipinski definition) is 5. The van der Waals surface area contributed by atoms with E-state index >= 15 is 0 Å². The minimum Gasteiger partial charge on any atom is -0.355 e. The summed E-state index contributed by atoms with van der Waals surface area (Å²) in [5, 5.41) is 16.2. The number of nitro groups is 1. The van der Waals surface area contributed by atoms with Gasteiger partial charge in [-0.3, -0.25) is 24.6 Å². The van der Waals surface area contributed by atoms with E-state index in [0.29, 0.717) is 12.1 Å². The molecule has 0 unspecified atom stereocenters. The monoisotopic (exact) mass is 370 g/mol. The van der Waals surface area contributed by atoms with E-state index in [9.17, 15) is 19.7 Å². The van der Waals surface area contributed by atoms with Crippen LogP contribution in [0.5, 0.6) is 0 Å². The smallest absolute Gasteiger partial charge is 0.292 e. The lowest BCUT2D eigenvalue weighted by Gasteiger charge is -2.24. The van der Waals surface area contributed by atoms with Crippen molar-refractivity contribution in [2.24, 2.45) is 0 Å². The first-order chi connectivity index (χ1) is 12.8. The van der Waals surface area contributed by atoms with Crippen molar-refractivity contribution in [1.29, 1.82) is 0 Å². The molecule has 8 nitrogen and oxygen atoms in total. The Kier molecular flexibility index (Phi) is 6.62. The zero-order chi connectivity index (χ0) is 20.0. The van der Waals surface area contributed by atoms with Crippen LogP contribution >= 0.6 is 0 Å². The molecule has 0 bridgehead atoms. The number of benzene rings is 2. The molecule has 2 rings (SSSR count). The molecule has 0 aliphatic rings. The van der Waals surface area contributed by atoms with Gasteiger partial charge in [0.25, 0.3) is 11.6 Å². The second-order valence-corrected chi connectivity index (χ2v) is 6.13. The first kappa shape index (κ1) is 20.1.